The third-order valence-corrected chi connectivity index (χ3v) is 5.71. The van der Waals surface area contributed by atoms with E-state index in [4.69, 9.17) is 4.74 Å². The molecule has 1 amide bonds. The molecule has 1 heterocycles. The van der Waals surface area contributed by atoms with Crippen LogP contribution in [0.25, 0.3) is 0 Å². The molecule has 0 bridgehead atoms. The largest absolute Gasteiger partial charge is 0.496 e. The van der Waals surface area contributed by atoms with Gasteiger partial charge >= 0.3 is 0 Å². The zero-order valence-corrected chi connectivity index (χ0v) is 12.2. The van der Waals surface area contributed by atoms with Crippen LogP contribution >= 0.6 is 0 Å². The van der Waals surface area contributed by atoms with Gasteiger partial charge in [-0.2, -0.15) is 0 Å². The number of amides is 1. The van der Waals surface area contributed by atoms with E-state index in [2.05, 4.69) is 0 Å². The molecule has 7 heteroatoms. The zero-order valence-electron chi connectivity index (χ0n) is 11.4. The molecular weight excluding hydrogens is 282 g/mol. The van der Waals surface area contributed by atoms with Crippen LogP contribution < -0.4 is 4.74 Å². The Kier molecular flexibility index (Phi) is 3.33. The lowest BCUT2D eigenvalue weighted by Gasteiger charge is -2.42. The van der Waals surface area contributed by atoms with Gasteiger partial charge in [-0.1, -0.05) is 12.1 Å². The highest BCUT2D eigenvalue weighted by Gasteiger charge is 2.60. The molecule has 6 nitrogen and oxygen atoms in total. The van der Waals surface area contributed by atoms with E-state index in [1.54, 1.807) is 18.2 Å². The van der Waals surface area contributed by atoms with Crippen molar-refractivity contribution in [2.75, 3.05) is 13.7 Å². The van der Waals surface area contributed by atoms with E-state index in [-0.39, 0.29) is 5.56 Å². The summed E-state index contributed by atoms with van der Waals surface area (Å²) in [5.74, 6) is -0.697. The Labute approximate surface area is 117 Å². The molecule has 0 aromatic heterocycles. The van der Waals surface area contributed by atoms with Gasteiger partial charge in [0.25, 0.3) is 15.9 Å². The second-order valence-electron chi connectivity index (χ2n) is 4.95. The van der Waals surface area contributed by atoms with Crippen molar-refractivity contribution in [2.24, 2.45) is 0 Å². The van der Waals surface area contributed by atoms with Crippen LogP contribution in [0.15, 0.2) is 24.3 Å². The molecular formula is C13H15NO5S. The standard InChI is InChI=1S/C13H15NO5S/c1-13(2)12(16)14(20(13,17)18)8-10(15)9-6-4-5-7-11(9)19-3/h4-7H,8H2,1-3H3. The number of carbonyl (C=O) groups is 2. The first-order valence-electron chi connectivity index (χ1n) is 5.96. The second kappa shape index (κ2) is 4.59. The van der Waals surface area contributed by atoms with Crippen LogP contribution in [-0.2, 0) is 14.8 Å². The summed E-state index contributed by atoms with van der Waals surface area (Å²) in [5.41, 5.74) is 0.253. The summed E-state index contributed by atoms with van der Waals surface area (Å²) >= 11 is 0. The molecule has 0 atom stereocenters. The summed E-state index contributed by atoms with van der Waals surface area (Å²) in [7, 11) is -2.33. The fourth-order valence-electron chi connectivity index (χ4n) is 2.00. The molecule has 108 valence electrons. The molecule has 0 N–H and O–H groups in total. The number of benzene rings is 1. The maximum Gasteiger partial charge on any atom is 0.259 e. The van der Waals surface area contributed by atoms with Crippen molar-refractivity contribution in [3.63, 3.8) is 0 Å². The van der Waals surface area contributed by atoms with E-state index in [1.165, 1.54) is 27.0 Å². The third-order valence-electron chi connectivity index (χ3n) is 3.37. The fraction of sp³-hybridized carbons (Fsp3) is 0.385. The van der Waals surface area contributed by atoms with Gasteiger partial charge in [-0.05, 0) is 26.0 Å². The molecule has 1 aliphatic heterocycles. The number of carbonyl (C=O) groups excluding carboxylic acids is 2. The molecule has 1 aromatic rings. The molecule has 0 unspecified atom stereocenters. The summed E-state index contributed by atoms with van der Waals surface area (Å²) in [5, 5.41) is 0. The number of methoxy groups -OCH3 is 1. The van der Waals surface area contributed by atoms with Crippen LogP contribution in [0, 0.1) is 0 Å². The SMILES string of the molecule is COc1ccccc1C(=O)CN1C(=O)C(C)(C)S1(=O)=O. The number of para-hydroxylation sites is 1. The first-order valence-corrected chi connectivity index (χ1v) is 7.40. The number of ketones is 1. The second-order valence-corrected chi connectivity index (χ2v) is 7.36. The molecule has 1 aliphatic rings. The minimum absolute atomic E-state index is 0.253. The lowest BCUT2D eigenvalue weighted by Crippen LogP contribution is -2.68. The Morgan fingerprint density at radius 1 is 1.30 bits per heavy atom. The average Bonchev–Trinajstić information content (AvgIpc) is 2.43. The predicted octanol–water partition coefficient (Wildman–Crippen LogP) is 0.828. The summed E-state index contributed by atoms with van der Waals surface area (Å²) in [4.78, 5) is 23.9. The molecule has 1 fully saturated rings. The number of rotatable bonds is 4. The monoisotopic (exact) mass is 297 g/mol. The van der Waals surface area contributed by atoms with Crippen molar-refractivity contribution < 1.29 is 22.7 Å². The first-order chi connectivity index (χ1) is 9.23. The summed E-state index contributed by atoms with van der Waals surface area (Å²) in [6.07, 6.45) is 0. The summed E-state index contributed by atoms with van der Waals surface area (Å²) in [6.45, 7) is 2.16. The van der Waals surface area contributed by atoms with Crippen LogP contribution in [-0.4, -0.2) is 42.8 Å². The smallest absolute Gasteiger partial charge is 0.259 e. The van der Waals surface area contributed by atoms with E-state index in [9.17, 15) is 18.0 Å². The van der Waals surface area contributed by atoms with Gasteiger partial charge in [-0.3, -0.25) is 9.59 Å². The number of Topliss-reactive ketones (excluding diaryl/α,β-unsaturated/α-hetero) is 1. The minimum atomic E-state index is -3.75. The van der Waals surface area contributed by atoms with Crippen LogP contribution in [0.4, 0.5) is 0 Å². The molecule has 0 aliphatic carbocycles. The molecule has 0 saturated carbocycles. The van der Waals surface area contributed by atoms with Crippen LogP contribution in [0.2, 0.25) is 0 Å². The predicted molar refractivity (Wildman–Crippen MR) is 72.0 cm³/mol. The molecule has 1 saturated heterocycles. The Bertz CT molecular complexity index is 678. The molecule has 2 rings (SSSR count). The molecule has 1 aromatic carbocycles. The number of sulfonamides is 1. The molecule has 20 heavy (non-hydrogen) atoms. The average molecular weight is 297 g/mol. The summed E-state index contributed by atoms with van der Waals surface area (Å²) < 4.78 is 28.1. The summed E-state index contributed by atoms with van der Waals surface area (Å²) in [6, 6.07) is 6.48. The van der Waals surface area contributed by atoms with Crippen molar-refractivity contribution in [2.45, 2.75) is 18.6 Å². The number of hydrogen-bond donors (Lipinski definition) is 0. The van der Waals surface area contributed by atoms with E-state index >= 15 is 0 Å². The lowest BCUT2D eigenvalue weighted by atomic mass is 10.1. The van der Waals surface area contributed by atoms with Crippen LogP contribution in [0.5, 0.6) is 5.75 Å². The highest BCUT2D eigenvalue weighted by Crippen LogP contribution is 2.35. The quantitative estimate of drug-likeness (QED) is 0.769. The van der Waals surface area contributed by atoms with Gasteiger partial charge in [0, 0.05) is 0 Å². The molecule has 0 radical (unpaired) electrons. The Hall–Kier alpha value is -1.89. The van der Waals surface area contributed by atoms with Gasteiger partial charge < -0.3 is 4.74 Å². The number of nitrogens with zero attached hydrogens (tertiary/aromatic N) is 1. The minimum Gasteiger partial charge on any atom is -0.496 e. The highest BCUT2D eigenvalue weighted by atomic mass is 32.2. The van der Waals surface area contributed by atoms with Crippen molar-refractivity contribution in [3.05, 3.63) is 29.8 Å². The normalized spacial score (nSPS) is 19.4. The van der Waals surface area contributed by atoms with Crippen molar-refractivity contribution >= 4 is 21.7 Å². The van der Waals surface area contributed by atoms with Gasteiger partial charge in [0.1, 0.15) is 12.3 Å². The Morgan fingerprint density at radius 2 is 1.90 bits per heavy atom. The molecule has 0 spiro atoms. The first kappa shape index (κ1) is 14.5. The number of ether oxygens (including phenoxy) is 1. The van der Waals surface area contributed by atoms with Gasteiger partial charge in [-0.15, -0.1) is 0 Å². The van der Waals surface area contributed by atoms with Gasteiger partial charge in [0.15, 0.2) is 10.5 Å². The Balaban J connectivity index is 2.24. The maximum absolute atomic E-state index is 12.1. The third kappa shape index (κ3) is 1.89. The lowest BCUT2D eigenvalue weighted by molar-refractivity contribution is -0.131. The van der Waals surface area contributed by atoms with E-state index in [0.717, 1.165) is 0 Å². The van der Waals surface area contributed by atoms with E-state index in [0.29, 0.717) is 10.1 Å². The van der Waals surface area contributed by atoms with Gasteiger partial charge in [0.05, 0.1) is 12.7 Å². The Morgan fingerprint density at radius 3 is 2.45 bits per heavy atom. The van der Waals surface area contributed by atoms with Gasteiger partial charge in [-0.25, -0.2) is 12.7 Å². The van der Waals surface area contributed by atoms with Crippen molar-refractivity contribution in [3.8, 4) is 5.75 Å². The topological polar surface area (TPSA) is 80.8 Å². The van der Waals surface area contributed by atoms with Crippen molar-refractivity contribution in [1.82, 2.24) is 4.31 Å². The van der Waals surface area contributed by atoms with Crippen molar-refractivity contribution in [1.29, 1.82) is 0 Å². The fourth-order valence-corrected chi connectivity index (χ4v) is 3.49. The van der Waals surface area contributed by atoms with Crippen LogP contribution in [0.3, 0.4) is 0 Å². The van der Waals surface area contributed by atoms with Gasteiger partial charge in [0.2, 0.25) is 0 Å². The number of hydrogen-bond acceptors (Lipinski definition) is 5. The zero-order chi connectivity index (χ0) is 15.1. The maximum atomic E-state index is 12.1. The van der Waals surface area contributed by atoms with E-state index < -0.39 is 33.0 Å². The van der Waals surface area contributed by atoms with Crippen LogP contribution in [0.1, 0.15) is 24.2 Å². The highest BCUT2D eigenvalue weighted by molar-refractivity contribution is 7.94. The van der Waals surface area contributed by atoms with E-state index in [1.807, 2.05) is 0 Å².